The van der Waals surface area contributed by atoms with Gasteiger partial charge in [0.05, 0.1) is 11.2 Å². The summed E-state index contributed by atoms with van der Waals surface area (Å²) < 4.78 is 0. The maximum atomic E-state index is 6.08. The number of nitrogens with two attached hydrogens (primary N) is 1. The van der Waals surface area contributed by atoms with Crippen molar-refractivity contribution in [1.29, 1.82) is 0 Å². The molecule has 3 nitrogen and oxygen atoms in total. The quantitative estimate of drug-likeness (QED) is 0.434. The monoisotopic (exact) mass is 329 g/mol. The maximum absolute atomic E-state index is 6.08. The molecule has 22 heavy (non-hydrogen) atoms. The number of thioether (sulfide) groups is 1. The Balaban J connectivity index is 1.82. The Morgan fingerprint density at radius 2 is 1.95 bits per heavy atom. The predicted octanol–water partition coefficient (Wildman–Crippen LogP) is 4.51. The number of anilines is 1. The van der Waals surface area contributed by atoms with Gasteiger partial charge < -0.3 is 5.73 Å². The van der Waals surface area contributed by atoms with Crippen LogP contribution in [0.2, 0.25) is 5.28 Å². The van der Waals surface area contributed by atoms with Crippen LogP contribution in [0.5, 0.6) is 0 Å². The highest BCUT2D eigenvalue weighted by Crippen LogP contribution is 2.26. The van der Waals surface area contributed by atoms with E-state index in [1.165, 1.54) is 10.5 Å². The second kappa shape index (κ2) is 6.55. The fraction of sp³-hybridized carbons (Fsp3) is 0.176. The van der Waals surface area contributed by atoms with Crippen molar-refractivity contribution in [3.05, 3.63) is 59.0 Å². The van der Waals surface area contributed by atoms with Gasteiger partial charge >= 0.3 is 0 Å². The number of nitrogens with zero attached hydrogens (tertiary/aromatic N) is 2. The van der Waals surface area contributed by atoms with Crippen molar-refractivity contribution in [3.63, 3.8) is 0 Å². The zero-order chi connectivity index (χ0) is 15.5. The highest BCUT2D eigenvalue weighted by Gasteiger charge is 2.09. The lowest BCUT2D eigenvalue weighted by molar-refractivity contribution is 1.04. The summed E-state index contributed by atoms with van der Waals surface area (Å²) in [6, 6.07) is 14.1. The summed E-state index contributed by atoms with van der Waals surface area (Å²) in [4.78, 5) is 9.88. The number of halogens is 1. The number of benzene rings is 2. The van der Waals surface area contributed by atoms with Crippen LogP contribution in [-0.4, -0.2) is 15.7 Å². The van der Waals surface area contributed by atoms with E-state index in [2.05, 4.69) is 41.2 Å². The SMILES string of the molecule is Cc1cccc(SCCc2nc(Cl)nc3cccc(N)c23)c1. The standard InChI is InChI=1S/C17H16ClN3S/c1-11-4-2-5-12(10-11)22-9-8-15-16-13(19)6-3-7-14(16)20-17(18)21-15/h2-7,10H,8-9,19H2,1H3. The zero-order valence-electron chi connectivity index (χ0n) is 12.2. The number of aryl methyl sites for hydroxylation is 2. The van der Waals surface area contributed by atoms with E-state index in [1.54, 1.807) is 11.8 Å². The third kappa shape index (κ3) is 3.34. The van der Waals surface area contributed by atoms with Crippen molar-refractivity contribution >= 4 is 40.0 Å². The number of rotatable bonds is 4. The molecular formula is C17H16ClN3S. The molecule has 0 aliphatic carbocycles. The van der Waals surface area contributed by atoms with Gasteiger partial charge in [-0.1, -0.05) is 23.8 Å². The molecule has 2 aromatic carbocycles. The Labute approximate surface area is 138 Å². The van der Waals surface area contributed by atoms with Crippen LogP contribution in [0.4, 0.5) is 5.69 Å². The molecule has 1 aromatic heterocycles. The molecule has 0 bridgehead atoms. The van der Waals surface area contributed by atoms with Gasteiger partial charge in [-0.25, -0.2) is 9.97 Å². The topological polar surface area (TPSA) is 51.8 Å². The second-order valence-corrected chi connectivity index (χ2v) is 6.60. The van der Waals surface area contributed by atoms with Crippen LogP contribution in [0, 0.1) is 6.92 Å². The van der Waals surface area contributed by atoms with Crippen LogP contribution in [0.3, 0.4) is 0 Å². The summed E-state index contributed by atoms with van der Waals surface area (Å²) in [6.07, 6.45) is 0.797. The summed E-state index contributed by atoms with van der Waals surface area (Å²) in [5.41, 5.74) is 9.76. The van der Waals surface area contributed by atoms with Crippen LogP contribution in [0.1, 0.15) is 11.3 Å². The van der Waals surface area contributed by atoms with E-state index in [0.29, 0.717) is 5.69 Å². The van der Waals surface area contributed by atoms with Crippen LogP contribution in [0.15, 0.2) is 47.4 Å². The molecule has 1 heterocycles. The van der Waals surface area contributed by atoms with Gasteiger partial charge in [-0.15, -0.1) is 11.8 Å². The third-order valence-electron chi connectivity index (χ3n) is 3.40. The second-order valence-electron chi connectivity index (χ2n) is 5.10. The van der Waals surface area contributed by atoms with Crippen molar-refractivity contribution in [2.24, 2.45) is 0 Å². The molecule has 2 N–H and O–H groups in total. The van der Waals surface area contributed by atoms with E-state index in [4.69, 9.17) is 17.3 Å². The molecule has 0 fully saturated rings. The van der Waals surface area contributed by atoms with Crippen LogP contribution in [-0.2, 0) is 6.42 Å². The summed E-state index contributed by atoms with van der Waals surface area (Å²) in [5, 5.41) is 1.19. The minimum absolute atomic E-state index is 0.272. The number of fused-ring (bicyclic) bond motifs is 1. The van der Waals surface area contributed by atoms with Gasteiger partial charge in [0.25, 0.3) is 0 Å². The highest BCUT2D eigenvalue weighted by molar-refractivity contribution is 7.99. The molecule has 0 radical (unpaired) electrons. The molecule has 0 saturated heterocycles. The first-order valence-corrected chi connectivity index (χ1v) is 8.40. The lowest BCUT2D eigenvalue weighted by atomic mass is 10.1. The van der Waals surface area contributed by atoms with Gasteiger partial charge in [0.15, 0.2) is 0 Å². The molecule has 3 rings (SSSR count). The summed E-state index contributed by atoms with van der Waals surface area (Å²) in [6.45, 7) is 2.10. The third-order valence-corrected chi connectivity index (χ3v) is 4.56. The molecule has 0 spiro atoms. The summed E-state index contributed by atoms with van der Waals surface area (Å²) in [7, 11) is 0. The largest absolute Gasteiger partial charge is 0.398 e. The van der Waals surface area contributed by atoms with E-state index in [0.717, 1.165) is 28.8 Å². The smallest absolute Gasteiger partial charge is 0.223 e. The Morgan fingerprint density at radius 3 is 2.77 bits per heavy atom. The highest BCUT2D eigenvalue weighted by atomic mass is 35.5. The zero-order valence-corrected chi connectivity index (χ0v) is 13.8. The average Bonchev–Trinajstić information content (AvgIpc) is 2.47. The molecule has 5 heteroatoms. The average molecular weight is 330 g/mol. The van der Waals surface area contributed by atoms with Gasteiger partial charge in [0.1, 0.15) is 0 Å². The molecule has 0 aliphatic heterocycles. The van der Waals surface area contributed by atoms with E-state index in [1.807, 2.05) is 18.2 Å². The van der Waals surface area contributed by atoms with Crippen molar-refractivity contribution < 1.29 is 0 Å². The molecule has 0 amide bonds. The molecule has 0 atom stereocenters. The number of hydrogen-bond donors (Lipinski definition) is 1. The number of aromatic nitrogens is 2. The predicted molar refractivity (Wildman–Crippen MR) is 94.6 cm³/mol. The first-order valence-electron chi connectivity index (χ1n) is 7.03. The molecule has 0 aliphatic rings. The van der Waals surface area contributed by atoms with E-state index in [9.17, 15) is 0 Å². The molecular weight excluding hydrogens is 314 g/mol. The first-order chi connectivity index (χ1) is 10.6. The first kappa shape index (κ1) is 15.1. The van der Waals surface area contributed by atoms with Crippen molar-refractivity contribution in [2.45, 2.75) is 18.2 Å². The minimum atomic E-state index is 0.272. The normalized spacial score (nSPS) is 11.0. The lowest BCUT2D eigenvalue weighted by Gasteiger charge is -2.08. The van der Waals surface area contributed by atoms with Gasteiger partial charge in [0.2, 0.25) is 5.28 Å². The van der Waals surface area contributed by atoms with Crippen LogP contribution < -0.4 is 5.73 Å². The Bertz CT molecular complexity index is 820. The summed E-state index contributed by atoms with van der Waals surface area (Å²) in [5.74, 6) is 0.917. The van der Waals surface area contributed by atoms with E-state index >= 15 is 0 Å². The fourth-order valence-corrected chi connectivity index (χ4v) is 3.58. The molecule has 0 unspecified atom stereocenters. The number of nitrogen functional groups attached to an aromatic ring is 1. The van der Waals surface area contributed by atoms with Crippen LogP contribution >= 0.6 is 23.4 Å². The maximum Gasteiger partial charge on any atom is 0.223 e. The van der Waals surface area contributed by atoms with Crippen molar-refractivity contribution in [1.82, 2.24) is 9.97 Å². The molecule has 0 saturated carbocycles. The van der Waals surface area contributed by atoms with Crippen molar-refractivity contribution in [3.8, 4) is 0 Å². The van der Waals surface area contributed by atoms with Gasteiger partial charge in [-0.2, -0.15) is 0 Å². The lowest BCUT2D eigenvalue weighted by Crippen LogP contribution is -2.00. The molecule has 3 aromatic rings. The Hall–Kier alpha value is -1.78. The van der Waals surface area contributed by atoms with Gasteiger partial charge in [0, 0.05) is 21.7 Å². The molecule has 112 valence electrons. The summed E-state index contributed by atoms with van der Waals surface area (Å²) >= 11 is 7.83. The van der Waals surface area contributed by atoms with E-state index in [-0.39, 0.29) is 5.28 Å². The van der Waals surface area contributed by atoms with E-state index < -0.39 is 0 Å². The Kier molecular flexibility index (Phi) is 4.50. The van der Waals surface area contributed by atoms with Crippen molar-refractivity contribution in [2.75, 3.05) is 11.5 Å². The Morgan fingerprint density at radius 1 is 1.14 bits per heavy atom. The number of hydrogen-bond acceptors (Lipinski definition) is 4. The van der Waals surface area contributed by atoms with Gasteiger partial charge in [-0.05, 0) is 49.2 Å². The van der Waals surface area contributed by atoms with Gasteiger partial charge in [-0.3, -0.25) is 0 Å². The fourth-order valence-electron chi connectivity index (χ4n) is 2.41. The minimum Gasteiger partial charge on any atom is -0.398 e. The van der Waals surface area contributed by atoms with Crippen LogP contribution in [0.25, 0.3) is 10.9 Å².